The van der Waals surface area contributed by atoms with Gasteiger partial charge in [0.05, 0.1) is 0 Å². The average molecular weight is 276 g/mol. The topological polar surface area (TPSA) is 42.5 Å². The van der Waals surface area contributed by atoms with Crippen molar-refractivity contribution in [3.63, 3.8) is 0 Å². The Labute approximate surface area is 120 Å². The van der Waals surface area contributed by atoms with Crippen LogP contribution in [0.2, 0.25) is 0 Å². The van der Waals surface area contributed by atoms with Gasteiger partial charge in [-0.05, 0) is 44.9 Å². The Morgan fingerprint density at radius 3 is 2.90 bits per heavy atom. The fourth-order valence-electron chi connectivity index (χ4n) is 3.03. The first-order valence-corrected chi connectivity index (χ1v) is 7.71. The van der Waals surface area contributed by atoms with Crippen LogP contribution in [-0.4, -0.2) is 31.8 Å². The Bertz CT molecular complexity index is 444. The largest absolute Gasteiger partial charge is 0.486 e. The van der Waals surface area contributed by atoms with Gasteiger partial charge in [-0.3, -0.25) is 0 Å². The molecule has 0 saturated carbocycles. The highest BCUT2D eigenvalue weighted by atomic mass is 16.6. The van der Waals surface area contributed by atoms with Crippen LogP contribution in [0.15, 0.2) is 18.2 Å². The fraction of sp³-hybridized carbons (Fsp3) is 0.625. The zero-order valence-corrected chi connectivity index (χ0v) is 12.2. The second-order valence-electron chi connectivity index (χ2n) is 5.79. The van der Waals surface area contributed by atoms with Gasteiger partial charge in [-0.15, -0.1) is 0 Å². The number of rotatable bonds is 4. The van der Waals surface area contributed by atoms with Crippen LogP contribution in [0.4, 0.5) is 5.69 Å². The lowest BCUT2D eigenvalue weighted by molar-refractivity contribution is 0.171. The molecule has 1 aromatic rings. The molecule has 1 fully saturated rings. The molecule has 1 saturated heterocycles. The summed E-state index contributed by atoms with van der Waals surface area (Å²) in [6.07, 6.45) is 5.14. The van der Waals surface area contributed by atoms with Crippen molar-refractivity contribution < 1.29 is 9.47 Å². The van der Waals surface area contributed by atoms with Crippen LogP contribution in [-0.2, 0) is 0 Å². The third-order valence-electron chi connectivity index (χ3n) is 4.01. The first-order valence-electron chi connectivity index (χ1n) is 7.71. The SMILES string of the molecule is CC(CC1CCCCN1)Nc1ccc2c(c1)OCCO2. The molecule has 2 heterocycles. The molecular formula is C16H24N2O2. The van der Waals surface area contributed by atoms with Crippen LogP contribution in [0.25, 0.3) is 0 Å². The summed E-state index contributed by atoms with van der Waals surface area (Å²) in [6.45, 7) is 4.69. The van der Waals surface area contributed by atoms with Gasteiger partial charge >= 0.3 is 0 Å². The van der Waals surface area contributed by atoms with Gasteiger partial charge in [0.2, 0.25) is 0 Å². The molecular weight excluding hydrogens is 252 g/mol. The predicted octanol–water partition coefficient (Wildman–Crippen LogP) is 2.79. The monoisotopic (exact) mass is 276 g/mol. The molecule has 20 heavy (non-hydrogen) atoms. The molecule has 2 unspecified atom stereocenters. The molecule has 0 spiro atoms. The second kappa shape index (κ2) is 6.35. The van der Waals surface area contributed by atoms with E-state index in [1.165, 1.54) is 25.8 Å². The Morgan fingerprint density at radius 2 is 2.10 bits per heavy atom. The maximum atomic E-state index is 5.62. The number of nitrogens with one attached hydrogen (secondary N) is 2. The van der Waals surface area contributed by atoms with E-state index in [4.69, 9.17) is 9.47 Å². The van der Waals surface area contributed by atoms with Crippen molar-refractivity contribution in [3.8, 4) is 11.5 Å². The Kier molecular flexibility index (Phi) is 4.31. The van der Waals surface area contributed by atoms with Crippen LogP contribution in [0.5, 0.6) is 11.5 Å². The third-order valence-corrected chi connectivity index (χ3v) is 4.01. The maximum Gasteiger partial charge on any atom is 0.163 e. The molecule has 110 valence electrons. The highest BCUT2D eigenvalue weighted by molar-refractivity contribution is 5.55. The summed E-state index contributed by atoms with van der Waals surface area (Å²) < 4.78 is 11.2. The van der Waals surface area contributed by atoms with E-state index >= 15 is 0 Å². The van der Waals surface area contributed by atoms with E-state index in [2.05, 4.69) is 23.6 Å². The summed E-state index contributed by atoms with van der Waals surface area (Å²) in [7, 11) is 0. The van der Waals surface area contributed by atoms with Gasteiger partial charge in [0.25, 0.3) is 0 Å². The zero-order chi connectivity index (χ0) is 13.8. The molecule has 0 amide bonds. The predicted molar refractivity (Wildman–Crippen MR) is 80.8 cm³/mol. The smallest absolute Gasteiger partial charge is 0.163 e. The number of piperidine rings is 1. The Balaban J connectivity index is 1.56. The molecule has 0 aliphatic carbocycles. The molecule has 0 aromatic heterocycles. The minimum absolute atomic E-state index is 0.452. The number of anilines is 1. The molecule has 0 radical (unpaired) electrons. The molecule has 3 rings (SSSR count). The molecule has 1 aromatic carbocycles. The van der Waals surface area contributed by atoms with Gasteiger partial charge in [0.15, 0.2) is 11.5 Å². The lowest BCUT2D eigenvalue weighted by atomic mass is 9.98. The summed E-state index contributed by atoms with van der Waals surface area (Å²) >= 11 is 0. The van der Waals surface area contributed by atoms with E-state index in [0.29, 0.717) is 25.3 Å². The van der Waals surface area contributed by atoms with Crippen molar-refractivity contribution in [1.82, 2.24) is 5.32 Å². The first-order chi connectivity index (χ1) is 9.81. The minimum Gasteiger partial charge on any atom is -0.486 e. The molecule has 2 aliphatic heterocycles. The number of hydrogen-bond donors (Lipinski definition) is 2. The summed E-state index contributed by atoms with van der Waals surface area (Å²) in [5.41, 5.74) is 1.11. The molecule has 4 nitrogen and oxygen atoms in total. The number of ether oxygens (including phenoxy) is 2. The van der Waals surface area contributed by atoms with E-state index in [9.17, 15) is 0 Å². The van der Waals surface area contributed by atoms with Crippen molar-refractivity contribution in [2.45, 2.75) is 44.7 Å². The fourth-order valence-corrected chi connectivity index (χ4v) is 3.03. The zero-order valence-electron chi connectivity index (χ0n) is 12.2. The normalized spacial score (nSPS) is 23.1. The quantitative estimate of drug-likeness (QED) is 0.887. The van der Waals surface area contributed by atoms with Crippen molar-refractivity contribution in [3.05, 3.63) is 18.2 Å². The van der Waals surface area contributed by atoms with Gasteiger partial charge in [-0.2, -0.15) is 0 Å². The van der Waals surface area contributed by atoms with Gasteiger partial charge in [-0.25, -0.2) is 0 Å². The first kappa shape index (κ1) is 13.6. The lowest BCUT2D eigenvalue weighted by Crippen LogP contribution is -2.37. The summed E-state index contributed by atoms with van der Waals surface area (Å²) in [5.74, 6) is 1.70. The number of hydrogen-bond acceptors (Lipinski definition) is 4. The van der Waals surface area contributed by atoms with Gasteiger partial charge in [0, 0.05) is 23.8 Å². The van der Waals surface area contributed by atoms with Crippen LogP contribution in [0, 0.1) is 0 Å². The standard InChI is InChI=1S/C16H24N2O2/c1-12(10-13-4-2-3-7-17-13)18-14-5-6-15-16(11-14)20-9-8-19-15/h5-6,11-13,17-18H,2-4,7-10H2,1H3. The van der Waals surface area contributed by atoms with Crippen LogP contribution < -0.4 is 20.1 Å². The van der Waals surface area contributed by atoms with E-state index in [1.54, 1.807) is 0 Å². The highest BCUT2D eigenvalue weighted by Gasteiger charge is 2.17. The van der Waals surface area contributed by atoms with Crippen LogP contribution >= 0.6 is 0 Å². The van der Waals surface area contributed by atoms with E-state index in [1.807, 2.05) is 12.1 Å². The molecule has 4 heteroatoms. The van der Waals surface area contributed by atoms with E-state index < -0.39 is 0 Å². The molecule has 2 aliphatic rings. The summed E-state index contributed by atoms with van der Waals surface area (Å²) in [5, 5.41) is 7.16. The van der Waals surface area contributed by atoms with Crippen molar-refractivity contribution in [2.75, 3.05) is 25.1 Å². The van der Waals surface area contributed by atoms with Crippen LogP contribution in [0.1, 0.15) is 32.6 Å². The van der Waals surface area contributed by atoms with Crippen molar-refractivity contribution in [1.29, 1.82) is 0 Å². The Hall–Kier alpha value is -1.42. The molecule has 2 atom stereocenters. The summed E-state index contributed by atoms with van der Waals surface area (Å²) in [6, 6.07) is 7.21. The lowest BCUT2D eigenvalue weighted by Gasteiger charge is -2.27. The average Bonchev–Trinajstić information content (AvgIpc) is 2.48. The van der Waals surface area contributed by atoms with Gasteiger partial charge in [0.1, 0.15) is 13.2 Å². The van der Waals surface area contributed by atoms with Crippen molar-refractivity contribution in [2.24, 2.45) is 0 Å². The highest BCUT2D eigenvalue weighted by Crippen LogP contribution is 2.32. The van der Waals surface area contributed by atoms with Gasteiger partial charge in [-0.1, -0.05) is 6.42 Å². The van der Waals surface area contributed by atoms with Crippen molar-refractivity contribution >= 4 is 5.69 Å². The third kappa shape index (κ3) is 3.37. The molecule has 2 N–H and O–H groups in total. The second-order valence-corrected chi connectivity index (χ2v) is 5.79. The van der Waals surface area contributed by atoms with Crippen LogP contribution in [0.3, 0.4) is 0 Å². The van der Waals surface area contributed by atoms with E-state index in [0.717, 1.165) is 23.6 Å². The number of benzene rings is 1. The Morgan fingerprint density at radius 1 is 1.25 bits per heavy atom. The van der Waals surface area contributed by atoms with E-state index in [-0.39, 0.29) is 0 Å². The van der Waals surface area contributed by atoms with Gasteiger partial charge < -0.3 is 20.1 Å². The molecule has 0 bridgehead atoms. The number of fused-ring (bicyclic) bond motifs is 1. The minimum atomic E-state index is 0.452. The maximum absolute atomic E-state index is 5.62. The summed E-state index contributed by atoms with van der Waals surface area (Å²) in [4.78, 5) is 0.